The first-order valence-corrected chi connectivity index (χ1v) is 6.78. The van der Waals surface area contributed by atoms with Gasteiger partial charge in [0.15, 0.2) is 0 Å². The summed E-state index contributed by atoms with van der Waals surface area (Å²) >= 11 is 0. The fourth-order valence-electron chi connectivity index (χ4n) is 2.45. The number of primary amides is 1. The maximum Gasteiger partial charge on any atom is 0.223 e. The molecule has 1 fully saturated rings. The Balaban J connectivity index is 2.61. The monoisotopic (exact) mass is 255 g/mol. The highest BCUT2D eigenvalue weighted by Crippen LogP contribution is 2.23. The van der Waals surface area contributed by atoms with Crippen LogP contribution < -0.4 is 11.5 Å². The molecule has 0 aliphatic carbocycles. The zero-order valence-electron chi connectivity index (χ0n) is 11.4. The third-order valence-electron chi connectivity index (χ3n) is 3.98. The summed E-state index contributed by atoms with van der Waals surface area (Å²) in [5.41, 5.74) is 11.0. The summed E-state index contributed by atoms with van der Waals surface area (Å²) in [7, 11) is 0. The lowest BCUT2D eigenvalue weighted by Crippen LogP contribution is -2.49. The molecular weight excluding hydrogens is 230 g/mol. The van der Waals surface area contributed by atoms with Gasteiger partial charge < -0.3 is 16.4 Å². The molecule has 3 atom stereocenters. The highest BCUT2D eigenvalue weighted by molar-refractivity contribution is 5.80. The molecule has 1 heterocycles. The number of nitrogens with two attached hydrogens (primary N) is 2. The number of carbonyl (C=O) groups is 2. The van der Waals surface area contributed by atoms with Gasteiger partial charge in [0.25, 0.3) is 0 Å². The maximum atomic E-state index is 12.2. The standard InChI is InChI=1S/C13H25N3O2/c1-3-10(7-14)6-12(17)16-8-11(13(15)18)5-4-9(16)2/h9-11H,3-8,14H2,1-2H3,(H2,15,18). The van der Waals surface area contributed by atoms with Crippen molar-refractivity contribution < 1.29 is 9.59 Å². The predicted molar refractivity (Wildman–Crippen MR) is 70.5 cm³/mol. The minimum atomic E-state index is -0.300. The lowest BCUT2D eigenvalue weighted by molar-refractivity contribution is -0.138. The summed E-state index contributed by atoms with van der Waals surface area (Å²) in [6, 6.07) is 0.198. The van der Waals surface area contributed by atoms with E-state index < -0.39 is 0 Å². The number of hydrogen-bond acceptors (Lipinski definition) is 3. The van der Waals surface area contributed by atoms with Gasteiger partial charge in [-0.2, -0.15) is 0 Å². The van der Waals surface area contributed by atoms with E-state index in [1.807, 2.05) is 13.8 Å². The fraction of sp³-hybridized carbons (Fsp3) is 0.846. The zero-order valence-corrected chi connectivity index (χ0v) is 11.4. The van der Waals surface area contributed by atoms with Gasteiger partial charge in [-0.05, 0) is 32.2 Å². The predicted octanol–water partition coefficient (Wildman–Crippen LogP) is 0.474. The molecule has 0 aromatic rings. The van der Waals surface area contributed by atoms with E-state index in [2.05, 4.69) is 0 Å². The van der Waals surface area contributed by atoms with Gasteiger partial charge in [-0.1, -0.05) is 13.3 Å². The zero-order chi connectivity index (χ0) is 13.7. The van der Waals surface area contributed by atoms with E-state index in [4.69, 9.17) is 11.5 Å². The van der Waals surface area contributed by atoms with Gasteiger partial charge in [0.05, 0.1) is 5.92 Å². The first-order valence-electron chi connectivity index (χ1n) is 6.78. The van der Waals surface area contributed by atoms with Gasteiger partial charge in [0, 0.05) is 19.0 Å². The van der Waals surface area contributed by atoms with E-state index in [0.717, 1.165) is 19.3 Å². The Kier molecular flexibility index (Phi) is 5.59. The van der Waals surface area contributed by atoms with Crippen LogP contribution in [0.1, 0.15) is 39.5 Å². The quantitative estimate of drug-likeness (QED) is 0.748. The number of rotatable bonds is 5. The van der Waals surface area contributed by atoms with E-state index in [0.29, 0.717) is 19.5 Å². The lowest BCUT2D eigenvalue weighted by Gasteiger charge is -2.37. The van der Waals surface area contributed by atoms with Crippen LogP contribution in [0, 0.1) is 11.8 Å². The molecule has 0 aromatic heterocycles. The van der Waals surface area contributed by atoms with Crippen LogP contribution in [0.5, 0.6) is 0 Å². The number of hydrogen-bond donors (Lipinski definition) is 2. The molecular formula is C13H25N3O2. The van der Waals surface area contributed by atoms with Crippen molar-refractivity contribution in [3.8, 4) is 0 Å². The molecule has 5 nitrogen and oxygen atoms in total. The first-order chi connectivity index (χ1) is 8.49. The third-order valence-corrected chi connectivity index (χ3v) is 3.98. The van der Waals surface area contributed by atoms with Crippen LogP contribution in [0.25, 0.3) is 0 Å². The van der Waals surface area contributed by atoms with Crippen molar-refractivity contribution in [2.75, 3.05) is 13.1 Å². The Bertz CT molecular complexity index is 303. The van der Waals surface area contributed by atoms with Crippen LogP contribution in [0.15, 0.2) is 0 Å². The molecule has 3 unspecified atom stereocenters. The van der Waals surface area contributed by atoms with Gasteiger partial charge in [-0.3, -0.25) is 9.59 Å². The van der Waals surface area contributed by atoms with Gasteiger partial charge in [-0.15, -0.1) is 0 Å². The average molecular weight is 255 g/mol. The average Bonchev–Trinajstić information content (AvgIpc) is 2.35. The van der Waals surface area contributed by atoms with Crippen LogP contribution in [-0.4, -0.2) is 35.8 Å². The lowest BCUT2D eigenvalue weighted by atomic mass is 9.91. The molecule has 0 bridgehead atoms. The number of nitrogens with zero attached hydrogens (tertiary/aromatic N) is 1. The molecule has 104 valence electrons. The van der Waals surface area contributed by atoms with Crippen LogP contribution >= 0.6 is 0 Å². The molecule has 2 amide bonds. The van der Waals surface area contributed by atoms with Crippen LogP contribution in [0.2, 0.25) is 0 Å². The fourth-order valence-corrected chi connectivity index (χ4v) is 2.45. The van der Waals surface area contributed by atoms with Crippen molar-refractivity contribution in [1.82, 2.24) is 4.90 Å². The van der Waals surface area contributed by atoms with Gasteiger partial charge in [0.2, 0.25) is 11.8 Å². The van der Waals surface area contributed by atoms with Crippen LogP contribution in [-0.2, 0) is 9.59 Å². The largest absolute Gasteiger partial charge is 0.369 e. The highest BCUT2D eigenvalue weighted by Gasteiger charge is 2.31. The minimum absolute atomic E-state index is 0.103. The molecule has 4 N–H and O–H groups in total. The molecule has 1 rings (SSSR count). The molecule has 1 saturated heterocycles. The van der Waals surface area contributed by atoms with Crippen molar-refractivity contribution in [1.29, 1.82) is 0 Å². The smallest absolute Gasteiger partial charge is 0.223 e. The van der Waals surface area contributed by atoms with Gasteiger partial charge in [0.1, 0.15) is 0 Å². The van der Waals surface area contributed by atoms with Crippen molar-refractivity contribution in [2.24, 2.45) is 23.3 Å². The Hall–Kier alpha value is -1.10. The van der Waals surface area contributed by atoms with Gasteiger partial charge in [-0.25, -0.2) is 0 Å². The summed E-state index contributed by atoms with van der Waals surface area (Å²) in [5.74, 6) is -0.155. The number of amides is 2. The SMILES string of the molecule is CCC(CN)CC(=O)N1CC(C(N)=O)CCC1C. The number of piperidine rings is 1. The molecule has 0 spiro atoms. The minimum Gasteiger partial charge on any atom is -0.369 e. The van der Waals surface area contributed by atoms with E-state index in [1.165, 1.54) is 0 Å². The summed E-state index contributed by atoms with van der Waals surface area (Å²) in [6.07, 6.45) is 3.01. The molecule has 1 aliphatic rings. The molecule has 1 aliphatic heterocycles. The maximum absolute atomic E-state index is 12.2. The van der Waals surface area contributed by atoms with Crippen molar-refractivity contribution in [3.63, 3.8) is 0 Å². The van der Waals surface area contributed by atoms with E-state index in [9.17, 15) is 9.59 Å². The van der Waals surface area contributed by atoms with Crippen LogP contribution in [0.3, 0.4) is 0 Å². The highest BCUT2D eigenvalue weighted by atomic mass is 16.2. The van der Waals surface area contributed by atoms with Crippen molar-refractivity contribution in [2.45, 2.75) is 45.6 Å². The van der Waals surface area contributed by atoms with E-state index in [-0.39, 0.29) is 29.7 Å². The summed E-state index contributed by atoms with van der Waals surface area (Å²) in [4.78, 5) is 25.3. The summed E-state index contributed by atoms with van der Waals surface area (Å²) in [5, 5.41) is 0. The normalized spacial score (nSPS) is 25.8. The Morgan fingerprint density at radius 3 is 2.56 bits per heavy atom. The Morgan fingerprint density at radius 2 is 2.06 bits per heavy atom. The number of carbonyl (C=O) groups excluding carboxylic acids is 2. The Morgan fingerprint density at radius 1 is 1.39 bits per heavy atom. The van der Waals surface area contributed by atoms with Crippen LogP contribution in [0.4, 0.5) is 0 Å². The molecule has 0 aromatic carbocycles. The molecule has 0 radical (unpaired) electrons. The van der Waals surface area contributed by atoms with E-state index in [1.54, 1.807) is 4.90 Å². The van der Waals surface area contributed by atoms with Crippen molar-refractivity contribution >= 4 is 11.8 Å². The second-order valence-corrected chi connectivity index (χ2v) is 5.29. The first kappa shape index (κ1) is 15.0. The van der Waals surface area contributed by atoms with Crippen molar-refractivity contribution in [3.05, 3.63) is 0 Å². The second-order valence-electron chi connectivity index (χ2n) is 5.29. The molecule has 18 heavy (non-hydrogen) atoms. The molecule has 0 saturated carbocycles. The summed E-state index contributed by atoms with van der Waals surface area (Å²) < 4.78 is 0. The topological polar surface area (TPSA) is 89.4 Å². The number of likely N-dealkylation sites (tertiary alicyclic amines) is 1. The van der Waals surface area contributed by atoms with Gasteiger partial charge >= 0.3 is 0 Å². The third kappa shape index (κ3) is 3.70. The second kappa shape index (κ2) is 6.73. The Labute approximate surface area is 109 Å². The summed E-state index contributed by atoms with van der Waals surface area (Å²) in [6.45, 7) is 5.06. The van der Waals surface area contributed by atoms with E-state index >= 15 is 0 Å². The molecule has 5 heteroatoms.